The lowest BCUT2D eigenvalue weighted by molar-refractivity contribution is -0.137. The minimum Gasteiger partial charge on any atom is -0.394 e. The van der Waals surface area contributed by atoms with Crippen molar-refractivity contribution in [3.8, 4) is 0 Å². The van der Waals surface area contributed by atoms with Gasteiger partial charge in [0.05, 0.1) is 12.5 Å². The van der Waals surface area contributed by atoms with E-state index in [9.17, 15) is 9.59 Å². The van der Waals surface area contributed by atoms with E-state index in [1.165, 1.54) is 0 Å². The first kappa shape index (κ1) is 13.3. The molecule has 18 heavy (non-hydrogen) atoms. The lowest BCUT2D eigenvalue weighted by Crippen LogP contribution is -2.48. The third-order valence-corrected chi connectivity index (χ3v) is 3.69. The molecule has 1 saturated carbocycles. The fraction of sp³-hybridized carbons (Fsp3) is 0.846. The molecule has 2 aliphatic rings. The van der Waals surface area contributed by atoms with E-state index < -0.39 is 0 Å². The fourth-order valence-electron chi connectivity index (χ4n) is 2.39. The van der Waals surface area contributed by atoms with Crippen molar-refractivity contribution < 1.29 is 14.7 Å². The molecule has 1 aliphatic heterocycles. The summed E-state index contributed by atoms with van der Waals surface area (Å²) in [5.41, 5.74) is 0. The van der Waals surface area contributed by atoms with Gasteiger partial charge in [0.25, 0.3) is 0 Å². The van der Waals surface area contributed by atoms with Crippen LogP contribution in [-0.2, 0) is 9.59 Å². The molecule has 0 spiro atoms. The Morgan fingerprint density at radius 3 is 2.67 bits per heavy atom. The highest BCUT2D eigenvalue weighted by atomic mass is 16.3. The quantitative estimate of drug-likeness (QED) is 0.749. The Hall–Kier alpha value is -1.10. The van der Waals surface area contributed by atoms with Gasteiger partial charge in [0.2, 0.25) is 11.8 Å². The van der Waals surface area contributed by atoms with Gasteiger partial charge in [-0.2, -0.15) is 0 Å². The van der Waals surface area contributed by atoms with Gasteiger partial charge < -0.3 is 15.3 Å². The van der Waals surface area contributed by atoms with Crippen LogP contribution in [0.3, 0.4) is 0 Å². The van der Waals surface area contributed by atoms with Gasteiger partial charge in [0, 0.05) is 25.0 Å². The molecule has 2 atom stereocenters. The number of amides is 2. The predicted octanol–water partition coefficient (Wildman–Crippen LogP) is 0.132. The third kappa shape index (κ3) is 3.22. The van der Waals surface area contributed by atoms with Crippen molar-refractivity contribution in [2.45, 2.75) is 38.6 Å². The van der Waals surface area contributed by atoms with Gasteiger partial charge >= 0.3 is 0 Å². The maximum Gasteiger partial charge on any atom is 0.225 e. The SMILES string of the molecule is CC(CO)NC(=O)C1CCCN(C(=O)C2CC2)C1. The van der Waals surface area contributed by atoms with Crippen LogP contribution < -0.4 is 5.32 Å². The first-order valence-corrected chi connectivity index (χ1v) is 6.82. The molecule has 2 unspecified atom stereocenters. The lowest BCUT2D eigenvalue weighted by Gasteiger charge is -2.32. The molecular weight excluding hydrogens is 232 g/mol. The number of aliphatic hydroxyl groups is 1. The first-order valence-electron chi connectivity index (χ1n) is 6.82. The number of likely N-dealkylation sites (tertiary alicyclic amines) is 1. The third-order valence-electron chi connectivity index (χ3n) is 3.69. The molecule has 1 saturated heterocycles. The molecule has 102 valence electrons. The summed E-state index contributed by atoms with van der Waals surface area (Å²) in [6.45, 7) is 3.05. The Balaban J connectivity index is 1.85. The maximum absolute atomic E-state index is 12.0. The Morgan fingerprint density at radius 2 is 2.06 bits per heavy atom. The zero-order valence-electron chi connectivity index (χ0n) is 10.9. The number of carbonyl (C=O) groups excluding carboxylic acids is 2. The Labute approximate surface area is 108 Å². The fourth-order valence-corrected chi connectivity index (χ4v) is 2.39. The molecule has 0 aromatic heterocycles. The zero-order valence-corrected chi connectivity index (χ0v) is 10.9. The van der Waals surface area contributed by atoms with Crippen molar-refractivity contribution in [1.82, 2.24) is 10.2 Å². The monoisotopic (exact) mass is 254 g/mol. The first-order chi connectivity index (χ1) is 8.61. The number of hydrogen-bond donors (Lipinski definition) is 2. The molecule has 2 rings (SSSR count). The Bertz CT molecular complexity index is 328. The van der Waals surface area contributed by atoms with Crippen LogP contribution in [0.1, 0.15) is 32.6 Å². The Kier molecular flexibility index (Phi) is 4.22. The van der Waals surface area contributed by atoms with Gasteiger partial charge in [0.15, 0.2) is 0 Å². The molecule has 1 heterocycles. The van der Waals surface area contributed by atoms with Crippen LogP contribution in [0.2, 0.25) is 0 Å². The molecule has 1 aliphatic carbocycles. The van der Waals surface area contributed by atoms with Crippen LogP contribution in [0.25, 0.3) is 0 Å². The van der Waals surface area contributed by atoms with Crippen LogP contribution in [-0.4, -0.2) is 47.6 Å². The van der Waals surface area contributed by atoms with Crippen molar-refractivity contribution in [1.29, 1.82) is 0 Å². The molecular formula is C13H22N2O3. The molecule has 2 fully saturated rings. The highest BCUT2D eigenvalue weighted by molar-refractivity contribution is 5.83. The van der Waals surface area contributed by atoms with Gasteiger partial charge in [-0.1, -0.05) is 0 Å². The predicted molar refractivity (Wildman–Crippen MR) is 66.7 cm³/mol. The largest absolute Gasteiger partial charge is 0.394 e. The summed E-state index contributed by atoms with van der Waals surface area (Å²) in [5.74, 6) is 0.297. The van der Waals surface area contributed by atoms with Crippen LogP contribution in [0.5, 0.6) is 0 Å². The van der Waals surface area contributed by atoms with Gasteiger partial charge in [0.1, 0.15) is 0 Å². The van der Waals surface area contributed by atoms with E-state index in [-0.39, 0.29) is 36.3 Å². The molecule has 0 aromatic carbocycles. The van der Waals surface area contributed by atoms with E-state index in [4.69, 9.17) is 5.11 Å². The van der Waals surface area contributed by atoms with Crippen LogP contribution in [0, 0.1) is 11.8 Å². The van der Waals surface area contributed by atoms with Gasteiger partial charge in [-0.25, -0.2) is 0 Å². The minimum absolute atomic E-state index is 0.0372. The summed E-state index contributed by atoms with van der Waals surface area (Å²) in [7, 11) is 0. The maximum atomic E-state index is 12.0. The van der Waals surface area contributed by atoms with Crippen LogP contribution in [0.4, 0.5) is 0 Å². The number of hydrogen-bond acceptors (Lipinski definition) is 3. The van der Waals surface area contributed by atoms with Gasteiger partial charge in [-0.3, -0.25) is 9.59 Å². The molecule has 0 radical (unpaired) electrons. The van der Waals surface area contributed by atoms with E-state index in [1.807, 2.05) is 4.90 Å². The minimum atomic E-state index is -0.216. The lowest BCUT2D eigenvalue weighted by atomic mass is 9.96. The molecule has 0 bridgehead atoms. The second kappa shape index (κ2) is 5.69. The average Bonchev–Trinajstić information content (AvgIpc) is 3.22. The molecule has 5 heteroatoms. The summed E-state index contributed by atoms with van der Waals surface area (Å²) in [4.78, 5) is 25.8. The topological polar surface area (TPSA) is 69.6 Å². The highest BCUT2D eigenvalue weighted by Gasteiger charge is 2.36. The normalized spacial score (nSPS) is 25.7. The molecule has 2 amide bonds. The number of rotatable bonds is 4. The average molecular weight is 254 g/mol. The summed E-state index contributed by atoms with van der Waals surface area (Å²) in [6.07, 6.45) is 3.74. The number of nitrogens with zero attached hydrogens (tertiary/aromatic N) is 1. The smallest absolute Gasteiger partial charge is 0.225 e. The van der Waals surface area contributed by atoms with Gasteiger partial charge in [-0.05, 0) is 32.6 Å². The number of piperidine rings is 1. The summed E-state index contributed by atoms with van der Waals surface area (Å²) in [6, 6.07) is -0.216. The van der Waals surface area contributed by atoms with E-state index >= 15 is 0 Å². The Morgan fingerprint density at radius 1 is 1.33 bits per heavy atom. The van der Waals surface area contributed by atoms with Crippen LogP contribution >= 0.6 is 0 Å². The van der Waals surface area contributed by atoms with Gasteiger partial charge in [-0.15, -0.1) is 0 Å². The molecule has 0 aromatic rings. The van der Waals surface area contributed by atoms with Crippen molar-refractivity contribution in [3.05, 3.63) is 0 Å². The number of carbonyl (C=O) groups is 2. The summed E-state index contributed by atoms with van der Waals surface area (Å²) < 4.78 is 0. The van der Waals surface area contributed by atoms with Crippen molar-refractivity contribution in [3.63, 3.8) is 0 Å². The van der Waals surface area contributed by atoms with E-state index in [2.05, 4.69) is 5.32 Å². The molecule has 5 nitrogen and oxygen atoms in total. The van der Waals surface area contributed by atoms with Crippen LogP contribution in [0.15, 0.2) is 0 Å². The second-order valence-electron chi connectivity index (χ2n) is 5.49. The number of aliphatic hydroxyl groups excluding tert-OH is 1. The van der Waals surface area contributed by atoms with E-state index in [0.717, 1.165) is 32.2 Å². The summed E-state index contributed by atoms with van der Waals surface area (Å²) in [5, 5.41) is 11.7. The molecule has 2 N–H and O–H groups in total. The van der Waals surface area contributed by atoms with E-state index in [0.29, 0.717) is 6.54 Å². The van der Waals surface area contributed by atoms with E-state index in [1.54, 1.807) is 6.92 Å². The standard InChI is InChI=1S/C13H22N2O3/c1-9(8-16)14-12(17)11-3-2-6-15(7-11)13(18)10-4-5-10/h9-11,16H,2-8H2,1H3,(H,14,17). The zero-order chi connectivity index (χ0) is 13.1. The second-order valence-corrected chi connectivity index (χ2v) is 5.49. The van der Waals surface area contributed by atoms with Crippen molar-refractivity contribution in [2.24, 2.45) is 11.8 Å². The van der Waals surface area contributed by atoms with Crippen molar-refractivity contribution in [2.75, 3.05) is 19.7 Å². The highest BCUT2D eigenvalue weighted by Crippen LogP contribution is 2.32. The number of nitrogens with one attached hydrogen (secondary N) is 1. The summed E-state index contributed by atoms with van der Waals surface area (Å²) >= 11 is 0. The van der Waals surface area contributed by atoms with Crippen molar-refractivity contribution >= 4 is 11.8 Å².